The van der Waals surface area contributed by atoms with E-state index in [4.69, 9.17) is 0 Å². The van der Waals surface area contributed by atoms with Crippen molar-refractivity contribution in [1.29, 1.82) is 0 Å². The van der Waals surface area contributed by atoms with Gasteiger partial charge in [0.1, 0.15) is 5.82 Å². The zero-order valence-electron chi connectivity index (χ0n) is 13.6. The number of halogens is 2. The predicted molar refractivity (Wildman–Crippen MR) is 93.1 cm³/mol. The summed E-state index contributed by atoms with van der Waals surface area (Å²) in [5.41, 5.74) is 0.900. The highest BCUT2D eigenvalue weighted by molar-refractivity contribution is 9.10. The van der Waals surface area contributed by atoms with E-state index >= 15 is 0 Å². The van der Waals surface area contributed by atoms with Gasteiger partial charge in [-0.1, -0.05) is 0 Å². The molecule has 1 fully saturated rings. The number of hydrogen-bond acceptors (Lipinski definition) is 4. The molecule has 0 radical (unpaired) electrons. The summed E-state index contributed by atoms with van der Waals surface area (Å²) < 4.78 is 18.8. The first-order chi connectivity index (χ1) is 11.0. The van der Waals surface area contributed by atoms with Crippen LogP contribution < -0.4 is 10.2 Å². The van der Waals surface area contributed by atoms with Gasteiger partial charge in [-0.2, -0.15) is 0 Å². The summed E-state index contributed by atoms with van der Waals surface area (Å²) in [4.78, 5) is 13.3. The molecule has 0 heterocycles. The first-order valence-corrected chi connectivity index (χ1v) is 8.75. The number of carbonyl (C=O) groups excluding carboxylic acids is 1. The van der Waals surface area contributed by atoms with Gasteiger partial charge in [-0.15, -0.1) is 0 Å². The summed E-state index contributed by atoms with van der Waals surface area (Å²) in [7, 11) is 3.41. The van der Waals surface area contributed by atoms with E-state index < -0.39 is 0 Å². The maximum absolute atomic E-state index is 13.6. The third-order valence-corrected chi connectivity index (χ3v) is 5.13. The summed E-state index contributed by atoms with van der Waals surface area (Å²) in [6.07, 6.45) is 4.35. The van der Waals surface area contributed by atoms with Crippen molar-refractivity contribution in [2.45, 2.75) is 31.7 Å². The summed E-state index contributed by atoms with van der Waals surface area (Å²) in [5, 5.41) is 3.25. The zero-order chi connectivity index (χ0) is 16.8. The lowest BCUT2D eigenvalue weighted by Gasteiger charge is -2.32. The predicted octanol–water partition coefficient (Wildman–Crippen LogP) is 3.35. The van der Waals surface area contributed by atoms with Crippen molar-refractivity contribution in [3.63, 3.8) is 0 Å². The average Bonchev–Trinajstić information content (AvgIpc) is 2.56. The Morgan fingerprint density at radius 1 is 1.39 bits per heavy atom. The van der Waals surface area contributed by atoms with Crippen LogP contribution in [-0.2, 0) is 9.53 Å². The smallest absolute Gasteiger partial charge is 0.319 e. The Morgan fingerprint density at radius 2 is 2.09 bits per heavy atom. The van der Waals surface area contributed by atoms with E-state index in [0.29, 0.717) is 16.4 Å². The second kappa shape index (κ2) is 8.64. The van der Waals surface area contributed by atoms with Crippen LogP contribution in [0.3, 0.4) is 0 Å². The van der Waals surface area contributed by atoms with Crippen LogP contribution in [0.1, 0.15) is 25.7 Å². The van der Waals surface area contributed by atoms with Gasteiger partial charge in [0, 0.05) is 25.3 Å². The minimum Gasteiger partial charge on any atom is -0.468 e. The third kappa shape index (κ3) is 5.46. The number of ether oxygens (including phenoxy) is 1. The Bertz CT molecular complexity index is 533. The lowest BCUT2D eigenvalue weighted by atomic mass is 9.85. The number of hydrogen-bond donors (Lipinski definition) is 1. The standard InChI is InChI=1S/C17H24BrFN2O2/c1-21(14-7-8-15(18)16(19)9-14)11-12-3-5-13(6-4-12)20-10-17(22)23-2/h7-9,12-13,20H,3-6,10-11H2,1-2H3/t12-,13+. The third-order valence-electron chi connectivity index (χ3n) is 4.49. The highest BCUT2D eigenvalue weighted by Crippen LogP contribution is 2.27. The van der Waals surface area contributed by atoms with Crippen LogP contribution in [0.2, 0.25) is 0 Å². The minimum atomic E-state index is -0.231. The maximum atomic E-state index is 13.6. The van der Waals surface area contributed by atoms with Crippen molar-refractivity contribution in [1.82, 2.24) is 5.32 Å². The second-order valence-corrected chi connectivity index (χ2v) is 7.01. The molecule has 0 aromatic heterocycles. The van der Waals surface area contributed by atoms with E-state index in [-0.39, 0.29) is 18.3 Å². The van der Waals surface area contributed by atoms with E-state index in [9.17, 15) is 9.18 Å². The van der Waals surface area contributed by atoms with Gasteiger partial charge in [0.2, 0.25) is 0 Å². The van der Waals surface area contributed by atoms with Crippen molar-refractivity contribution >= 4 is 27.6 Å². The lowest BCUT2D eigenvalue weighted by Crippen LogP contribution is -2.38. The van der Waals surface area contributed by atoms with Gasteiger partial charge in [-0.3, -0.25) is 4.79 Å². The summed E-state index contributed by atoms with van der Waals surface area (Å²) in [6, 6.07) is 5.62. The molecule has 23 heavy (non-hydrogen) atoms. The fourth-order valence-electron chi connectivity index (χ4n) is 3.06. The Balaban J connectivity index is 1.77. The van der Waals surface area contributed by atoms with Crippen LogP contribution >= 0.6 is 15.9 Å². The highest BCUT2D eigenvalue weighted by atomic mass is 79.9. The number of nitrogens with zero attached hydrogens (tertiary/aromatic N) is 1. The lowest BCUT2D eigenvalue weighted by molar-refractivity contribution is -0.139. The van der Waals surface area contributed by atoms with Crippen LogP contribution in [0.25, 0.3) is 0 Å². The second-order valence-electron chi connectivity index (χ2n) is 6.15. The first kappa shape index (κ1) is 18.2. The summed E-state index contributed by atoms with van der Waals surface area (Å²) >= 11 is 3.18. The Kier molecular flexibility index (Phi) is 6.84. The van der Waals surface area contributed by atoms with Crippen molar-refractivity contribution < 1.29 is 13.9 Å². The minimum absolute atomic E-state index is 0.218. The molecule has 1 saturated carbocycles. The fourth-order valence-corrected chi connectivity index (χ4v) is 3.31. The van der Waals surface area contributed by atoms with Gasteiger partial charge in [-0.05, 0) is 65.7 Å². The summed E-state index contributed by atoms with van der Waals surface area (Å²) in [6.45, 7) is 1.20. The highest BCUT2D eigenvalue weighted by Gasteiger charge is 2.22. The van der Waals surface area contributed by atoms with Crippen molar-refractivity contribution in [3.05, 3.63) is 28.5 Å². The zero-order valence-corrected chi connectivity index (χ0v) is 15.2. The van der Waals surface area contributed by atoms with E-state index in [1.165, 1.54) is 7.11 Å². The molecule has 0 amide bonds. The van der Waals surface area contributed by atoms with E-state index in [1.54, 1.807) is 12.1 Å². The molecule has 6 heteroatoms. The molecule has 128 valence electrons. The van der Waals surface area contributed by atoms with Crippen LogP contribution in [0.15, 0.2) is 22.7 Å². The average molecular weight is 387 g/mol. The molecule has 0 spiro atoms. The van der Waals surface area contributed by atoms with Gasteiger partial charge in [-0.25, -0.2) is 4.39 Å². The normalized spacial score (nSPS) is 21.0. The molecule has 0 aliphatic heterocycles. The SMILES string of the molecule is COC(=O)CN[C@H]1CC[C@@H](CN(C)c2ccc(Br)c(F)c2)CC1. The topological polar surface area (TPSA) is 41.6 Å². The van der Waals surface area contributed by atoms with Gasteiger partial charge in [0.05, 0.1) is 18.1 Å². The number of benzene rings is 1. The molecule has 2 rings (SSSR count). The molecule has 1 aliphatic rings. The van der Waals surface area contributed by atoms with Crippen molar-refractivity contribution in [2.75, 3.05) is 32.1 Å². The van der Waals surface area contributed by atoms with Crippen molar-refractivity contribution in [2.24, 2.45) is 5.92 Å². The van der Waals surface area contributed by atoms with Gasteiger partial charge in [0.25, 0.3) is 0 Å². The van der Waals surface area contributed by atoms with Gasteiger partial charge in [0.15, 0.2) is 0 Å². The molecule has 0 atom stereocenters. The molecule has 1 aliphatic carbocycles. The molecule has 0 unspecified atom stereocenters. The molecule has 0 saturated heterocycles. The number of methoxy groups -OCH3 is 1. The number of rotatable bonds is 6. The fraction of sp³-hybridized carbons (Fsp3) is 0.588. The molecule has 1 aromatic carbocycles. The maximum Gasteiger partial charge on any atom is 0.319 e. The van der Waals surface area contributed by atoms with Gasteiger partial charge < -0.3 is 15.0 Å². The van der Waals surface area contributed by atoms with Crippen molar-refractivity contribution in [3.8, 4) is 0 Å². The van der Waals surface area contributed by atoms with Crippen LogP contribution in [0.5, 0.6) is 0 Å². The molecule has 1 N–H and O–H groups in total. The number of anilines is 1. The molecule has 1 aromatic rings. The number of esters is 1. The van der Waals surface area contributed by atoms with E-state index in [2.05, 4.69) is 30.9 Å². The monoisotopic (exact) mass is 386 g/mol. The number of carbonyl (C=O) groups is 1. The van der Waals surface area contributed by atoms with E-state index in [1.807, 2.05) is 13.1 Å². The largest absolute Gasteiger partial charge is 0.468 e. The van der Waals surface area contributed by atoms with Crippen LogP contribution in [0.4, 0.5) is 10.1 Å². The first-order valence-electron chi connectivity index (χ1n) is 7.96. The van der Waals surface area contributed by atoms with Crippen LogP contribution in [-0.4, -0.2) is 39.3 Å². The van der Waals surface area contributed by atoms with Gasteiger partial charge >= 0.3 is 5.97 Å². The van der Waals surface area contributed by atoms with Crippen LogP contribution in [0, 0.1) is 11.7 Å². The Hall–Kier alpha value is -1.14. The molecule has 4 nitrogen and oxygen atoms in total. The van der Waals surface area contributed by atoms with E-state index in [0.717, 1.165) is 37.9 Å². The quantitative estimate of drug-likeness (QED) is 0.761. The molecular weight excluding hydrogens is 363 g/mol. The Labute approximate surface area is 145 Å². The molecular formula is C17H24BrFN2O2. The number of nitrogens with one attached hydrogen (secondary N) is 1. The Morgan fingerprint density at radius 3 is 2.70 bits per heavy atom. The molecule has 0 bridgehead atoms. The summed E-state index contributed by atoms with van der Waals surface area (Å²) in [5.74, 6) is 0.150.